The lowest BCUT2D eigenvalue weighted by molar-refractivity contribution is -0.142. The van der Waals surface area contributed by atoms with Gasteiger partial charge in [-0.05, 0) is 17.9 Å². The summed E-state index contributed by atoms with van der Waals surface area (Å²) in [7, 11) is 0. The number of carboxylic acids is 2. The van der Waals surface area contributed by atoms with Crippen LogP contribution in [0.3, 0.4) is 0 Å². The molecular weight excluding hydrogens is 476 g/mol. The highest BCUT2D eigenvalue weighted by molar-refractivity contribution is 7.80. The molecule has 1 aromatic rings. The Morgan fingerprint density at radius 3 is 2.06 bits per heavy atom. The fraction of sp³-hybridized carbons (Fsp3) is 0.522. The Bertz CT molecular complexity index is 884. The van der Waals surface area contributed by atoms with Crippen LogP contribution >= 0.6 is 12.6 Å². The van der Waals surface area contributed by atoms with Crippen molar-refractivity contribution in [3.05, 3.63) is 35.9 Å². The third-order valence-electron chi connectivity index (χ3n) is 5.51. The van der Waals surface area contributed by atoms with Gasteiger partial charge >= 0.3 is 11.9 Å². The number of hydrogen-bond acceptors (Lipinski definition) is 7. The molecule has 3 amide bonds. The summed E-state index contributed by atoms with van der Waals surface area (Å²) in [6, 6.07) is 4.22. The summed E-state index contributed by atoms with van der Waals surface area (Å²) in [6.45, 7) is 3.54. The van der Waals surface area contributed by atoms with Crippen LogP contribution < -0.4 is 21.7 Å². The van der Waals surface area contributed by atoms with Gasteiger partial charge < -0.3 is 31.9 Å². The van der Waals surface area contributed by atoms with Crippen molar-refractivity contribution in [3.8, 4) is 0 Å². The van der Waals surface area contributed by atoms with Crippen molar-refractivity contribution in [2.24, 2.45) is 11.7 Å². The average molecular weight is 511 g/mol. The summed E-state index contributed by atoms with van der Waals surface area (Å²) < 4.78 is 0. The van der Waals surface area contributed by atoms with E-state index in [-0.39, 0.29) is 30.9 Å². The van der Waals surface area contributed by atoms with E-state index >= 15 is 0 Å². The van der Waals surface area contributed by atoms with Gasteiger partial charge in [0, 0.05) is 18.6 Å². The van der Waals surface area contributed by atoms with Gasteiger partial charge in [-0.25, -0.2) is 4.79 Å². The van der Waals surface area contributed by atoms with Crippen molar-refractivity contribution in [1.82, 2.24) is 16.0 Å². The third-order valence-corrected chi connectivity index (χ3v) is 5.88. The van der Waals surface area contributed by atoms with E-state index in [0.29, 0.717) is 12.0 Å². The van der Waals surface area contributed by atoms with Crippen molar-refractivity contribution >= 4 is 42.3 Å². The number of carbonyl (C=O) groups is 5. The maximum Gasteiger partial charge on any atom is 0.326 e. The Morgan fingerprint density at radius 1 is 0.943 bits per heavy atom. The Balaban J connectivity index is 2.87. The molecule has 0 saturated carbocycles. The highest BCUT2D eigenvalue weighted by Crippen LogP contribution is 2.10. The number of thiol groups is 1. The van der Waals surface area contributed by atoms with E-state index in [1.165, 1.54) is 0 Å². The number of rotatable bonds is 15. The number of carboxylic acid groups (broad SMARTS) is 2. The zero-order valence-electron chi connectivity index (χ0n) is 19.8. The van der Waals surface area contributed by atoms with Gasteiger partial charge in [0.1, 0.15) is 18.1 Å². The van der Waals surface area contributed by atoms with Gasteiger partial charge in [-0.3, -0.25) is 19.2 Å². The Hall–Kier alpha value is -3.12. The van der Waals surface area contributed by atoms with Crippen LogP contribution in [-0.4, -0.2) is 69.8 Å². The highest BCUT2D eigenvalue weighted by Gasteiger charge is 2.32. The molecule has 5 atom stereocenters. The van der Waals surface area contributed by atoms with Crippen LogP contribution in [0.25, 0.3) is 0 Å². The molecular formula is C23H34N4O7S. The van der Waals surface area contributed by atoms with E-state index in [0.717, 1.165) is 0 Å². The second-order valence-electron chi connectivity index (χ2n) is 8.24. The molecule has 0 aromatic heterocycles. The predicted octanol–water partition coefficient (Wildman–Crippen LogP) is -0.0639. The normalized spacial score (nSPS) is 15.1. The number of amides is 3. The second kappa shape index (κ2) is 15.0. The number of aliphatic carboxylic acids is 2. The average Bonchev–Trinajstić information content (AvgIpc) is 2.83. The SMILES string of the molecule is CCC(C)C(NC(=O)C(N)CCC(=O)O)C(=O)NC(CS)C(=O)NC(Cc1ccccc1)C(=O)O. The quantitative estimate of drug-likeness (QED) is 0.160. The van der Waals surface area contributed by atoms with Gasteiger partial charge in [0.25, 0.3) is 0 Å². The van der Waals surface area contributed by atoms with Gasteiger partial charge in [-0.2, -0.15) is 12.6 Å². The molecule has 0 aliphatic heterocycles. The van der Waals surface area contributed by atoms with Crippen molar-refractivity contribution in [2.45, 2.75) is 63.7 Å². The summed E-state index contributed by atoms with van der Waals surface area (Å²) in [4.78, 5) is 60.5. The molecule has 35 heavy (non-hydrogen) atoms. The Kier molecular flexibility index (Phi) is 12.8. The van der Waals surface area contributed by atoms with E-state index in [4.69, 9.17) is 10.8 Å². The summed E-state index contributed by atoms with van der Waals surface area (Å²) in [5.41, 5.74) is 6.45. The number of benzene rings is 1. The van der Waals surface area contributed by atoms with E-state index < -0.39 is 53.8 Å². The molecule has 11 nitrogen and oxygen atoms in total. The summed E-state index contributed by atoms with van der Waals surface area (Å²) in [5, 5.41) is 25.8. The van der Waals surface area contributed by atoms with E-state index in [1.54, 1.807) is 37.3 Å². The second-order valence-corrected chi connectivity index (χ2v) is 8.61. The molecule has 0 bridgehead atoms. The highest BCUT2D eigenvalue weighted by atomic mass is 32.1. The number of nitrogens with two attached hydrogens (primary N) is 1. The van der Waals surface area contributed by atoms with Crippen molar-refractivity contribution in [2.75, 3.05) is 5.75 Å². The molecule has 0 aliphatic rings. The molecule has 7 N–H and O–H groups in total. The van der Waals surface area contributed by atoms with Crippen LogP contribution in [0.15, 0.2) is 30.3 Å². The summed E-state index contributed by atoms with van der Waals surface area (Å²) in [5.74, 6) is -4.86. The first-order valence-corrected chi connectivity index (χ1v) is 11.9. The summed E-state index contributed by atoms with van der Waals surface area (Å²) in [6.07, 6.45) is 0.160. The first kappa shape index (κ1) is 29.9. The van der Waals surface area contributed by atoms with Gasteiger partial charge in [0.2, 0.25) is 17.7 Å². The molecule has 5 unspecified atom stereocenters. The molecule has 1 rings (SSSR count). The maximum atomic E-state index is 13.0. The molecule has 0 saturated heterocycles. The largest absolute Gasteiger partial charge is 0.481 e. The molecule has 0 spiro atoms. The minimum atomic E-state index is -1.23. The smallest absolute Gasteiger partial charge is 0.326 e. The van der Waals surface area contributed by atoms with E-state index in [9.17, 15) is 29.1 Å². The monoisotopic (exact) mass is 510 g/mol. The lowest BCUT2D eigenvalue weighted by Crippen LogP contribution is -2.59. The zero-order chi connectivity index (χ0) is 26.5. The van der Waals surface area contributed by atoms with Crippen LogP contribution in [0.5, 0.6) is 0 Å². The molecule has 0 heterocycles. The molecule has 0 fully saturated rings. The fourth-order valence-corrected chi connectivity index (χ4v) is 3.41. The van der Waals surface area contributed by atoms with Crippen LogP contribution in [0.4, 0.5) is 0 Å². The Morgan fingerprint density at radius 2 is 1.54 bits per heavy atom. The minimum absolute atomic E-state index is 0.0505. The third kappa shape index (κ3) is 10.4. The number of hydrogen-bond donors (Lipinski definition) is 7. The molecule has 194 valence electrons. The van der Waals surface area contributed by atoms with Crippen molar-refractivity contribution in [1.29, 1.82) is 0 Å². The van der Waals surface area contributed by atoms with Crippen LogP contribution in [0.2, 0.25) is 0 Å². The van der Waals surface area contributed by atoms with Gasteiger partial charge in [0.05, 0.1) is 6.04 Å². The van der Waals surface area contributed by atoms with Crippen molar-refractivity contribution in [3.63, 3.8) is 0 Å². The minimum Gasteiger partial charge on any atom is -0.481 e. The first-order valence-electron chi connectivity index (χ1n) is 11.3. The van der Waals surface area contributed by atoms with Gasteiger partial charge in [0.15, 0.2) is 0 Å². The topological polar surface area (TPSA) is 188 Å². The first-order chi connectivity index (χ1) is 16.5. The van der Waals surface area contributed by atoms with Crippen LogP contribution in [0, 0.1) is 5.92 Å². The van der Waals surface area contributed by atoms with Gasteiger partial charge in [-0.1, -0.05) is 50.6 Å². The van der Waals surface area contributed by atoms with Crippen LogP contribution in [-0.2, 0) is 30.4 Å². The van der Waals surface area contributed by atoms with Crippen LogP contribution in [0.1, 0.15) is 38.7 Å². The molecule has 1 aromatic carbocycles. The Labute approximate surface area is 209 Å². The number of nitrogens with one attached hydrogen (secondary N) is 3. The predicted molar refractivity (Wildman–Crippen MR) is 132 cm³/mol. The van der Waals surface area contributed by atoms with Gasteiger partial charge in [-0.15, -0.1) is 0 Å². The molecule has 12 heteroatoms. The maximum absolute atomic E-state index is 13.0. The standard InChI is InChI=1S/C23H34N4O7S/c1-3-13(2)19(27-20(30)15(24)9-10-18(28)29)22(32)26-17(12-35)21(31)25-16(23(33)34)11-14-7-5-4-6-8-14/h4-8,13,15-17,19,35H,3,9-12,24H2,1-2H3,(H,25,31)(H,26,32)(H,27,30)(H,28,29)(H,33,34). The summed E-state index contributed by atoms with van der Waals surface area (Å²) >= 11 is 4.11. The van der Waals surface area contributed by atoms with E-state index in [1.807, 2.05) is 6.92 Å². The fourth-order valence-electron chi connectivity index (χ4n) is 3.15. The van der Waals surface area contributed by atoms with Crippen molar-refractivity contribution < 1.29 is 34.2 Å². The zero-order valence-corrected chi connectivity index (χ0v) is 20.7. The molecule has 0 radical (unpaired) electrons. The lowest BCUT2D eigenvalue weighted by atomic mass is 9.97. The van der Waals surface area contributed by atoms with E-state index in [2.05, 4.69) is 28.6 Å². The number of carbonyl (C=O) groups excluding carboxylic acids is 3. The molecule has 0 aliphatic carbocycles. The lowest BCUT2D eigenvalue weighted by Gasteiger charge is -2.27.